The molecule has 5 rings (SSSR count). The molecule has 0 unspecified atom stereocenters. The Bertz CT molecular complexity index is 1610. The Kier molecular flexibility index (Phi) is 6.66. The number of thioether (sulfide) groups is 1. The third-order valence-electron chi connectivity index (χ3n) is 5.69. The number of aryl methyl sites for hydroxylation is 2. The Morgan fingerprint density at radius 2 is 1.86 bits per heavy atom. The molecular formula is C27H20ClN3O3S2. The first-order chi connectivity index (χ1) is 17.3. The van der Waals surface area contributed by atoms with Crippen molar-refractivity contribution >= 4 is 57.5 Å². The van der Waals surface area contributed by atoms with E-state index in [-0.39, 0.29) is 22.9 Å². The minimum Gasteiger partial charge on any atom is -0.438 e. The number of nitrogens with zero attached hydrogens (tertiary/aromatic N) is 3. The maximum atomic E-state index is 13.5. The van der Waals surface area contributed by atoms with Crippen LogP contribution in [0.15, 0.2) is 76.6 Å². The van der Waals surface area contributed by atoms with Gasteiger partial charge in [-0.2, -0.15) is 4.98 Å². The van der Waals surface area contributed by atoms with Gasteiger partial charge in [-0.3, -0.25) is 18.9 Å². The van der Waals surface area contributed by atoms with Gasteiger partial charge in [0, 0.05) is 11.2 Å². The second-order valence-electron chi connectivity index (χ2n) is 8.33. The number of halogens is 1. The summed E-state index contributed by atoms with van der Waals surface area (Å²) in [5.41, 5.74) is 3.15. The SMILES string of the molecule is Cc1ccc(CN2C(=O)/C(=C\c3c(Oc4ccc(Cl)c(C)c4)nc4ccccn4c3=O)SC2=S)cc1. The number of carbonyl (C=O) groups is 1. The van der Waals surface area contributed by atoms with Crippen molar-refractivity contribution < 1.29 is 9.53 Å². The highest BCUT2D eigenvalue weighted by molar-refractivity contribution is 8.26. The van der Waals surface area contributed by atoms with E-state index < -0.39 is 0 Å². The van der Waals surface area contributed by atoms with Crippen LogP contribution in [0.5, 0.6) is 11.6 Å². The van der Waals surface area contributed by atoms with E-state index in [1.807, 2.05) is 38.1 Å². The fourth-order valence-electron chi connectivity index (χ4n) is 3.72. The summed E-state index contributed by atoms with van der Waals surface area (Å²) in [7, 11) is 0. The lowest BCUT2D eigenvalue weighted by molar-refractivity contribution is -0.122. The number of pyridine rings is 1. The van der Waals surface area contributed by atoms with Crippen molar-refractivity contribution in [1.82, 2.24) is 14.3 Å². The van der Waals surface area contributed by atoms with Crippen LogP contribution < -0.4 is 10.3 Å². The zero-order chi connectivity index (χ0) is 25.4. The van der Waals surface area contributed by atoms with E-state index in [2.05, 4.69) is 4.98 Å². The highest BCUT2D eigenvalue weighted by Crippen LogP contribution is 2.35. The number of amides is 1. The summed E-state index contributed by atoms with van der Waals surface area (Å²) in [6.45, 7) is 4.22. The molecular weight excluding hydrogens is 514 g/mol. The zero-order valence-electron chi connectivity index (χ0n) is 19.4. The minimum atomic E-state index is -0.356. The van der Waals surface area contributed by atoms with Crippen LogP contribution in [0, 0.1) is 13.8 Å². The Hall–Kier alpha value is -3.46. The van der Waals surface area contributed by atoms with Crippen molar-refractivity contribution in [1.29, 1.82) is 0 Å². The molecule has 0 radical (unpaired) electrons. The van der Waals surface area contributed by atoms with Gasteiger partial charge in [0.15, 0.2) is 0 Å². The Balaban J connectivity index is 1.55. The lowest BCUT2D eigenvalue weighted by Gasteiger charge is -2.14. The van der Waals surface area contributed by atoms with Gasteiger partial charge in [0.25, 0.3) is 11.5 Å². The van der Waals surface area contributed by atoms with Crippen LogP contribution in [-0.4, -0.2) is 24.5 Å². The number of rotatable bonds is 5. The van der Waals surface area contributed by atoms with Crippen LogP contribution >= 0.6 is 35.6 Å². The maximum Gasteiger partial charge on any atom is 0.269 e. The average Bonchev–Trinajstić information content (AvgIpc) is 3.12. The fourth-order valence-corrected chi connectivity index (χ4v) is 5.07. The minimum absolute atomic E-state index is 0.0942. The van der Waals surface area contributed by atoms with Crippen molar-refractivity contribution in [2.75, 3.05) is 0 Å². The van der Waals surface area contributed by atoms with Crippen LogP contribution in [0.25, 0.3) is 11.7 Å². The summed E-state index contributed by atoms with van der Waals surface area (Å²) in [5.74, 6) is 0.304. The van der Waals surface area contributed by atoms with Gasteiger partial charge in [-0.05, 0) is 61.4 Å². The Labute approximate surface area is 222 Å². The van der Waals surface area contributed by atoms with E-state index in [0.717, 1.165) is 28.5 Å². The predicted molar refractivity (Wildman–Crippen MR) is 148 cm³/mol. The smallest absolute Gasteiger partial charge is 0.269 e. The number of ether oxygens (including phenoxy) is 1. The second-order valence-corrected chi connectivity index (χ2v) is 10.4. The molecule has 0 saturated carbocycles. The van der Waals surface area contributed by atoms with Crippen molar-refractivity contribution in [3.8, 4) is 11.6 Å². The standard InChI is InChI=1S/C27H20ClN3O3S2/c1-16-6-8-18(9-7-16)15-31-26(33)22(36-27(31)35)14-20-24(34-19-10-11-21(28)17(2)13-19)29-23-5-3-4-12-30(23)25(20)32/h3-14H,15H2,1-2H3/b22-14+. The summed E-state index contributed by atoms with van der Waals surface area (Å²) < 4.78 is 7.89. The first-order valence-electron chi connectivity index (χ1n) is 11.1. The van der Waals surface area contributed by atoms with Gasteiger partial charge in [0.2, 0.25) is 5.88 Å². The molecule has 36 heavy (non-hydrogen) atoms. The van der Waals surface area contributed by atoms with Gasteiger partial charge in [0.05, 0.1) is 11.4 Å². The predicted octanol–water partition coefficient (Wildman–Crippen LogP) is 6.16. The fraction of sp³-hybridized carbons (Fsp3) is 0.111. The molecule has 9 heteroatoms. The van der Waals surface area contributed by atoms with Gasteiger partial charge in [0.1, 0.15) is 21.3 Å². The normalized spacial score (nSPS) is 14.8. The first kappa shape index (κ1) is 24.2. The van der Waals surface area contributed by atoms with Crippen LogP contribution in [0.1, 0.15) is 22.3 Å². The number of carbonyl (C=O) groups excluding carboxylic acids is 1. The van der Waals surface area contributed by atoms with E-state index in [1.54, 1.807) is 42.6 Å². The molecule has 3 heterocycles. The van der Waals surface area contributed by atoms with E-state index >= 15 is 0 Å². The summed E-state index contributed by atoms with van der Waals surface area (Å²) in [6, 6.07) is 18.4. The molecule has 180 valence electrons. The number of hydrogen-bond donors (Lipinski definition) is 0. The lowest BCUT2D eigenvalue weighted by atomic mass is 10.1. The second kappa shape index (κ2) is 9.89. The number of hydrogen-bond acceptors (Lipinski definition) is 6. The van der Waals surface area contributed by atoms with Gasteiger partial charge in [-0.25, -0.2) is 0 Å². The van der Waals surface area contributed by atoms with Gasteiger partial charge < -0.3 is 4.74 Å². The summed E-state index contributed by atoms with van der Waals surface area (Å²) in [6.07, 6.45) is 3.14. The summed E-state index contributed by atoms with van der Waals surface area (Å²) in [4.78, 5) is 33.2. The third-order valence-corrected chi connectivity index (χ3v) is 7.49. The largest absolute Gasteiger partial charge is 0.438 e. The van der Waals surface area contributed by atoms with E-state index in [0.29, 0.717) is 32.2 Å². The van der Waals surface area contributed by atoms with E-state index in [9.17, 15) is 9.59 Å². The number of thiocarbonyl (C=S) groups is 1. The molecule has 0 N–H and O–H groups in total. The topological polar surface area (TPSA) is 63.9 Å². The molecule has 2 aromatic heterocycles. The van der Waals surface area contributed by atoms with Gasteiger partial charge in [-0.15, -0.1) is 0 Å². The lowest BCUT2D eigenvalue weighted by Crippen LogP contribution is -2.27. The molecule has 0 aliphatic carbocycles. The molecule has 1 saturated heterocycles. The molecule has 1 amide bonds. The molecule has 4 aromatic rings. The van der Waals surface area contributed by atoms with Crippen LogP contribution in [0.4, 0.5) is 0 Å². The van der Waals surface area contributed by atoms with Gasteiger partial charge >= 0.3 is 0 Å². The summed E-state index contributed by atoms with van der Waals surface area (Å²) in [5, 5.41) is 0.603. The molecule has 0 spiro atoms. The average molecular weight is 534 g/mol. The van der Waals surface area contributed by atoms with Crippen LogP contribution in [0.3, 0.4) is 0 Å². The maximum absolute atomic E-state index is 13.5. The highest BCUT2D eigenvalue weighted by atomic mass is 35.5. The third kappa shape index (κ3) is 4.80. The van der Waals surface area contributed by atoms with E-state index in [1.165, 1.54) is 15.4 Å². The Morgan fingerprint density at radius 3 is 2.61 bits per heavy atom. The number of aromatic nitrogens is 2. The van der Waals surface area contributed by atoms with Crippen molar-refractivity contribution in [2.24, 2.45) is 0 Å². The van der Waals surface area contributed by atoms with Crippen molar-refractivity contribution in [2.45, 2.75) is 20.4 Å². The quantitative estimate of drug-likeness (QED) is 0.226. The van der Waals surface area contributed by atoms with Crippen molar-refractivity contribution in [3.05, 3.63) is 109 Å². The molecule has 2 aromatic carbocycles. The highest BCUT2D eigenvalue weighted by Gasteiger charge is 2.33. The van der Waals surface area contributed by atoms with Crippen molar-refractivity contribution in [3.63, 3.8) is 0 Å². The summed E-state index contributed by atoms with van der Waals surface area (Å²) >= 11 is 12.8. The molecule has 1 aliphatic heterocycles. The molecule has 1 fully saturated rings. The van der Waals surface area contributed by atoms with Crippen LogP contribution in [-0.2, 0) is 11.3 Å². The van der Waals surface area contributed by atoms with Gasteiger partial charge in [-0.1, -0.05) is 71.5 Å². The van der Waals surface area contributed by atoms with Crippen LogP contribution in [0.2, 0.25) is 5.02 Å². The molecule has 1 aliphatic rings. The molecule has 6 nitrogen and oxygen atoms in total. The molecule has 0 bridgehead atoms. The number of fused-ring (bicyclic) bond motifs is 1. The zero-order valence-corrected chi connectivity index (χ0v) is 21.8. The monoisotopic (exact) mass is 533 g/mol. The Morgan fingerprint density at radius 1 is 1.08 bits per heavy atom. The molecule has 0 atom stereocenters. The number of benzene rings is 2. The van der Waals surface area contributed by atoms with E-state index in [4.69, 9.17) is 28.6 Å². The first-order valence-corrected chi connectivity index (χ1v) is 12.7.